The number of aliphatic hydroxyl groups excluding tert-OH is 1. The molecule has 0 saturated carbocycles. The molecule has 1 fully saturated rings. The van der Waals surface area contributed by atoms with Gasteiger partial charge in [-0.1, -0.05) is 0 Å². The first-order chi connectivity index (χ1) is 8.63. The first-order valence-electron chi connectivity index (χ1n) is 6.39. The van der Waals surface area contributed by atoms with Gasteiger partial charge in [0.2, 0.25) is 0 Å². The van der Waals surface area contributed by atoms with Gasteiger partial charge in [0.1, 0.15) is 0 Å². The second-order valence-electron chi connectivity index (χ2n) is 5.04. The maximum absolute atomic E-state index is 9.27. The molecule has 0 spiro atoms. The topological polar surface area (TPSA) is 58.7 Å². The van der Waals surface area contributed by atoms with Gasteiger partial charge in [0.25, 0.3) is 0 Å². The van der Waals surface area contributed by atoms with Crippen molar-refractivity contribution in [3.63, 3.8) is 0 Å². The zero-order valence-electron chi connectivity index (χ0n) is 11.0. The van der Waals surface area contributed by atoms with E-state index in [1.807, 2.05) is 6.92 Å². The van der Waals surface area contributed by atoms with E-state index in [2.05, 4.69) is 28.7 Å². The minimum Gasteiger partial charge on any atom is -0.394 e. The van der Waals surface area contributed by atoms with Crippen LogP contribution in [0.4, 0.5) is 0 Å². The zero-order valence-corrected chi connectivity index (χ0v) is 11.8. The third-order valence-electron chi connectivity index (χ3n) is 3.50. The molecule has 0 bridgehead atoms. The Kier molecular flexibility index (Phi) is 4.75. The highest BCUT2D eigenvalue weighted by Gasteiger charge is 2.33. The summed E-state index contributed by atoms with van der Waals surface area (Å²) in [7, 11) is 0. The first-order valence-corrected chi connectivity index (χ1v) is 7.33. The molecular weight excluding hydrogens is 248 g/mol. The van der Waals surface area contributed by atoms with Gasteiger partial charge >= 0.3 is 0 Å². The van der Waals surface area contributed by atoms with Crippen molar-refractivity contribution < 1.29 is 9.84 Å². The Morgan fingerprint density at radius 2 is 2.44 bits per heavy atom. The molecule has 1 saturated heterocycles. The van der Waals surface area contributed by atoms with E-state index in [0.29, 0.717) is 12.6 Å². The summed E-state index contributed by atoms with van der Waals surface area (Å²) in [6.45, 7) is 5.64. The highest BCUT2D eigenvalue weighted by Crippen LogP contribution is 2.29. The molecule has 2 heterocycles. The first kappa shape index (κ1) is 14.0. The lowest BCUT2D eigenvalue weighted by molar-refractivity contribution is -0.0940. The lowest BCUT2D eigenvalue weighted by Gasteiger charge is -2.43. The maximum atomic E-state index is 9.27. The highest BCUT2D eigenvalue weighted by molar-refractivity contribution is 7.07. The third kappa shape index (κ3) is 2.92. The molecule has 5 heteroatoms. The Balaban J connectivity index is 2.19. The minimum absolute atomic E-state index is 0.0551. The fourth-order valence-corrected chi connectivity index (χ4v) is 3.27. The van der Waals surface area contributed by atoms with Gasteiger partial charge in [0.15, 0.2) is 0 Å². The van der Waals surface area contributed by atoms with Crippen LogP contribution >= 0.6 is 11.3 Å². The summed E-state index contributed by atoms with van der Waals surface area (Å²) in [5, 5.41) is 13.5. The Hall–Kier alpha value is -0.460. The minimum atomic E-state index is -0.0962. The van der Waals surface area contributed by atoms with Crippen LogP contribution in [0.5, 0.6) is 0 Å². The zero-order chi connectivity index (χ0) is 13.1. The molecule has 1 aliphatic heterocycles. The molecule has 1 aromatic rings. The third-order valence-corrected chi connectivity index (χ3v) is 4.20. The molecule has 4 atom stereocenters. The summed E-state index contributed by atoms with van der Waals surface area (Å²) in [5.41, 5.74) is 7.43. The smallest absolute Gasteiger partial charge is 0.0933 e. The predicted octanol–water partition coefficient (Wildman–Crippen LogP) is 1.22. The van der Waals surface area contributed by atoms with Gasteiger partial charge in [-0.2, -0.15) is 11.3 Å². The van der Waals surface area contributed by atoms with Crippen LogP contribution in [0.25, 0.3) is 0 Å². The molecule has 0 amide bonds. The van der Waals surface area contributed by atoms with Gasteiger partial charge in [-0.25, -0.2) is 0 Å². The second kappa shape index (κ2) is 6.12. The van der Waals surface area contributed by atoms with Crippen LogP contribution < -0.4 is 5.73 Å². The van der Waals surface area contributed by atoms with Crippen molar-refractivity contribution >= 4 is 11.3 Å². The number of aliphatic hydroxyl groups is 1. The van der Waals surface area contributed by atoms with Gasteiger partial charge in [-0.3, -0.25) is 4.90 Å². The molecule has 18 heavy (non-hydrogen) atoms. The van der Waals surface area contributed by atoms with Crippen molar-refractivity contribution in [2.45, 2.75) is 38.1 Å². The number of morpholine rings is 1. The number of hydrogen-bond donors (Lipinski definition) is 2. The van der Waals surface area contributed by atoms with E-state index in [-0.39, 0.29) is 24.8 Å². The van der Waals surface area contributed by atoms with E-state index in [1.165, 1.54) is 5.56 Å². The van der Waals surface area contributed by atoms with Crippen molar-refractivity contribution in [3.8, 4) is 0 Å². The quantitative estimate of drug-likeness (QED) is 0.863. The lowest BCUT2D eigenvalue weighted by atomic mass is 9.99. The van der Waals surface area contributed by atoms with Crippen molar-refractivity contribution in [1.29, 1.82) is 0 Å². The summed E-state index contributed by atoms with van der Waals surface area (Å²) < 4.78 is 5.59. The van der Waals surface area contributed by atoms with Crippen molar-refractivity contribution in [1.82, 2.24) is 4.90 Å². The average molecular weight is 270 g/mol. The monoisotopic (exact) mass is 270 g/mol. The van der Waals surface area contributed by atoms with Crippen LogP contribution in [0, 0.1) is 0 Å². The molecule has 4 nitrogen and oxygen atoms in total. The van der Waals surface area contributed by atoms with Crippen LogP contribution in [0.2, 0.25) is 0 Å². The molecule has 0 aliphatic carbocycles. The van der Waals surface area contributed by atoms with Crippen molar-refractivity contribution in [3.05, 3.63) is 22.4 Å². The van der Waals surface area contributed by atoms with Gasteiger partial charge in [0.05, 0.1) is 25.4 Å². The standard InChI is InChI=1S/C13H22N2O2S/c1-9-7-17-12(6-16)5-15(9)13(10(2)14)11-3-4-18-8-11/h3-4,8-10,12-13,16H,5-7,14H2,1-2H3. The molecule has 3 N–H and O–H groups in total. The van der Waals surface area contributed by atoms with Gasteiger partial charge in [-0.05, 0) is 36.2 Å². The summed E-state index contributed by atoms with van der Waals surface area (Å²) >= 11 is 1.69. The number of ether oxygens (including phenoxy) is 1. The Morgan fingerprint density at radius 3 is 3.00 bits per heavy atom. The number of thiophene rings is 1. The van der Waals surface area contributed by atoms with Crippen LogP contribution in [0.3, 0.4) is 0 Å². The van der Waals surface area contributed by atoms with Crippen LogP contribution in [-0.2, 0) is 4.74 Å². The fraction of sp³-hybridized carbons (Fsp3) is 0.692. The summed E-state index contributed by atoms with van der Waals surface area (Å²) in [4.78, 5) is 2.36. The molecular formula is C13H22N2O2S. The predicted molar refractivity (Wildman–Crippen MR) is 73.7 cm³/mol. The number of nitrogens with zero attached hydrogens (tertiary/aromatic N) is 1. The summed E-state index contributed by atoms with van der Waals surface area (Å²) in [5.74, 6) is 0. The molecule has 102 valence electrons. The van der Waals surface area contributed by atoms with E-state index < -0.39 is 0 Å². The largest absolute Gasteiger partial charge is 0.394 e. The van der Waals surface area contributed by atoms with Crippen molar-refractivity contribution in [2.24, 2.45) is 5.73 Å². The number of hydrogen-bond acceptors (Lipinski definition) is 5. The van der Waals surface area contributed by atoms with Gasteiger partial charge < -0.3 is 15.6 Å². The van der Waals surface area contributed by atoms with Crippen LogP contribution in [0.15, 0.2) is 16.8 Å². The molecule has 1 aromatic heterocycles. The summed E-state index contributed by atoms with van der Waals surface area (Å²) in [6.07, 6.45) is -0.0962. The molecule has 0 aromatic carbocycles. The SMILES string of the molecule is CC(N)C(c1ccsc1)N1CC(CO)OCC1C. The lowest BCUT2D eigenvalue weighted by Crippen LogP contribution is -2.53. The van der Waals surface area contributed by atoms with E-state index >= 15 is 0 Å². The van der Waals surface area contributed by atoms with E-state index in [9.17, 15) is 5.11 Å². The van der Waals surface area contributed by atoms with Gasteiger partial charge in [0, 0.05) is 18.6 Å². The number of rotatable bonds is 4. The van der Waals surface area contributed by atoms with Gasteiger partial charge in [-0.15, -0.1) is 0 Å². The number of nitrogens with two attached hydrogens (primary N) is 1. The molecule has 2 rings (SSSR count). The van der Waals surface area contributed by atoms with Crippen molar-refractivity contribution in [2.75, 3.05) is 19.8 Å². The van der Waals surface area contributed by atoms with Crippen LogP contribution in [0.1, 0.15) is 25.5 Å². The fourth-order valence-electron chi connectivity index (χ4n) is 2.58. The van der Waals surface area contributed by atoms with E-state index in [0.717, 1.165) is 6.54 Å². The Bertz CT molecular complexity index is 356. The van der Waals surface area contributed by atoms with E-state index in [1.54, 1.807) is 11.3 Å². The van der Waals surface area contributed by atoms with Crippen LogP contribution in [-0.4, -0.2) is 48.0 Å². The molecule has 0 radical (unpaired) electrons. The maximum Gasteiger partial charge on any atom is 0.0933 e. The normalized spacial score (nSPS) is 29.1. The molecule has 1 aliphatic rings. The Labute approximate surface area is 112 Å². The summed E-state index contributed by atoms with van der Waals surface area (Å²) in [6, 6.07) is 2.71. The average Bonchev–Trinajstić information content (AvgIpc) is 2.85. The second-order valence-corrected chi connectivity index (χ2v) is 5.82. The molecule has 4 unspecified atom stereocenters. The highest BCUT2D eigenvalue weighted by atomic mass is 32.1. The van der Waals surface area contributed by atoms with E-state index in [4.69, 9.17) is 10.5 Å². The Morgan fingerprint density at radius 1 is 1.67 bits per heavy atom.